The van der Waals surface area contributed by atoms with E-state index in [1.807, 2.05) is 0 Å². The molecular weight excluding hydrogens is 617 g/mol. The second kappa shape index (κ2) is 13.1. The van der Waals surface area contributed by atoms with Crippen molar-refractivity contribution in [3.8, 4) is 39.2 Å². The fourth-order valence-electron chi connectivity index (χ4n) is 7.65. The molecule has 2 aromatic heterocycles. The molecular formula is C49H36N2. The van der Waals surface area contributed by atoms with E-state index in [0.29, 0.717) is 0 Å². The van der Waals surface area contributed by atoms with Crippen molar-refractivity contribution < 1.29 is 0 Å². The molecule has 0 atom stereocenters. The number of para-hydroxylation sites is 1. The van der Waals surface area contributed by atoms with Gasteiger partial charge in [-0.1, -0.05) is 146 Å². The van der Waals surface area contributed by atoms with Crippen LogP contribution in [0.3, 0.4) is 0 Å². The summed E-state index contributed by atoms with van der Waals surface area (Å²) in [5, 5.41) is 6.19. The fourth-order valence-corrected chi connectivity index (χ4v) is 7.65. The summed E-state index contributed by atoms with van der Waals surface area (Å²) in [6.45, 7) is 2.23. The lowest BCUT2D eigenvalue weighted by Crippen LogP contribution is -1.96. The maximum Gasteiger partial charge on any atom is 0.0702 e. The van der Waals surface area contributed by atoms with Crippen LogP contribution in [0.25, 0.3) is 77.7 Å². The van der Waals surface area contributed by atoms with Gasteiger partial charge in [-0.25, -0.2) is 0 Å². The summed E-state index contributed by atoms with van der Waals surface area (Å²) in [6.07, 6.45) is 18.2. The van der Waals surface area contributed by atoms with Crippen molar-refractivity contribution in [3.05, 3.63) is 199 Å². The van der Waals surface area contributed by atoms with Gasteiger partial charge < -0.3 is 4.57 Å². The van der Waals surface area contributed by atoms with Crippen LogP contribution in [0, 0.1) is 6.92 Å². The Morgan fingerprint density at radius 2 is 1.18 bits per heavy atom. The van der Waals surface area contributed by atoms with Crippen LogP contribution in [0.15, 0.2) is 188 Å². The Morgan fingerprint density at radius 1 is 0.549 bits per heavy atom. The smallest absolute Gasteiger partial charge is 0.0702 e. The summed E-state index contributed by atoms with van der Waals surface area (Å²) in [5.74, 6) is 0. The van der Waals surface area contributed by atoms with Crippen LogP contribution in [0.1, 0.15) is 17.7 Å². The Labute approximate surface area is 298 Å². The van der Waals surface area contributed by atoms with E-state index in [1.54, 1.807) is 0 Å². The maximum absolute atomic E-state index is 5.11. The third-order valence-electron chi connectivity index (χ3n) is 10.1. The molecule has 0 unspecified atom stereocenters. The highest BCUT2D eigenvalue weighted by Gasteiger charge is 2.18. The van der Waals surface area contributed by atoms with Gasteiger partial charge >= 0.3 is 0 Å². The maximum atomic E-state index is 5.11. The van der Waals surface area contributed by atoms with Crippen LogP contribution in [0.2, 0.25) is 0 Å². The first-order valence-corrected chi connectivity index (χ1v) is 17.6. The first kappa shape index (κ1) is 30.5. The van der Waals surface area contributed by atoms with Crippen molar-refractivity contribution >= 4 is 38.5 Å². The fraction of sp³-hybridized carbons (Fsp3) is 0.0408. The monoisotopic (exact) mass is 652 g/mol. The quantitative estimate of drug-likeness (QED) is 0.163. The molecule has 0 aliphatic heterocycles. The number of aryl methyl sites for hydroxylation is 1. The lowest BCUT2D eigenvalue weighted by molar-refractivity contribution is 1.10. The van der Waals surface area contributed by atoms with Gasteiger partial charge in [0.05, 0.1) is 11.2 Å². The van der Waals surface area contributed by atoms with Crippen LogP contribution < -0.4 is 0 Å². The molecule has 2 heteroatoms. The highest BCUT2D eigenvalue weighted by Crippen LogP contribution is 2.43. The molecule has 2 heterocycles. The topological polar surface area (TPSA) is 17.8 Å². The molecule has 0 N–H and O–H groups in total. The summed E-state index contributed by atoms with van der Waals surface area (Å²) < 4.78 is 2.37. The van der Waals surface area contributed by atoms with Crippen molar-refractivity contribution in [1.82, 2.24) is 9.55 Å². The van der Waals surface area contributed by atoms with E-state index in [4.69, 9.17) is 4.98 Å². The number of allylic oxidation sites excluding steroid dienone is 7. The van der Waals surface area contributed by atoms with Crippen LogP contribution in [-0.2, 0) is 0 Å². The second-order valence-electron chi connectivity index (χ2n) is 13.1. The highest BCUT2D eigenvalue weighted by atomic mass is 15.0. The molecule has 0 saturated heterocycles. The molecule has 1 aliphatic rings. The lowest BCUT2D eigenvalue weighted by Gasteiger charge is -2.17. The van der Waals surface area contributed by atoms with Gasteiger partial charge in [0.1, 0.15) is 0 Å². The average molecular weight is 653 g/mol. The normalized spacial score (nSPS) is 13.0. The molecule has 6 aromatic carbocycles. The van der Waals surface area contributed by atoms with Gasteiger partial charge in [0, 0.05) is 34.1 Å². The molecule has 242 valence electrons. The first-order chi connectivity index (χ1) is 25.2. The molecule has 0 spiro atoms. The Hall–Kier alpha value is -6.51. The van der Waals surface area contributed by atoms with E-state index in [1.165, 1.54) is 66.0 Å². The summed E-state index contributed by atoms with van der Waals surface area (Å²) in [7, 11) is 0. The minimum absolute atomic E-state index is 0.919. The van der Waals surface area contributed by atoms with Gasteiger partial charge in [0.2, 0.25) is 0 Å². The minimum Gasteiger partial charge on any atom is -0.310 e. The molecule has 0 fully saturated rings. The van der Waals surface area contributed by atoms with Crippen LogP contribution in [0.4, 0.5) is 0 Å². The zero-order chi connectivity index (χ0) is 34.1. The summed E-state index contributed by atoms with van der Waals surface area (Å²) in [6, 6.07) is 50.1. The zero-order valence-corrected chi connectivity index (χ0v) is 28.5. The van der Waals surface area contributed by atoms with E-state index >= 15 is 0 Å². The van der Waals surface area contributed by atoms with E-state index in [-0.39, 0.29) is 0 Å². The van der Waals surface area contributed by atoms with Crippen LogP contribution in [0.5, 0.6) is 0 Å². The van der Waals surface area contributed by atoms with Gasteiger partial charge in [0.25, 0.3) is 0 Å². The molecule has 0 amide bonds. The van der Waals surface area contributed by atoms with Crippen molar-refractivity contribution in [1.29, 1.82) is 0 Å². The number of rotatable bonds is 6. The van der Waals surface area contributed by atoms with Crippen LogP contribution >= 0.6 is 0 Å². The van der Waals surface area contributed by atoms with Crippen molar-refractivity contribution in [3.63, 3.8) is 0 Å². The largest absolute Gasteiger partial charge is 0.310 e. The van der Waals surface area contributed by atoms with Gasteiger partial charge in [-0.3, -0.25) is 4.98 Å². The third kappa shape index (κ3) is 5.52. The number of pyridine rings is 1. The molecule has 0 radical (unpaired) electrons. The second-order valence-corrected chi connectivity index (χ2v) is 13.1. The van der Waals surface area contributed by atoms with Gasteiger partial charge in [-0.2, -0.15) is 0 Å². The molecule has 0 saturated carbocycles. The Bertz CT molecular complexity index is 2630. The summed E-state index contributed by atoms with van der Waals surface area (Å²) >= 11 is 0. The van der Waals surface area contributed by atoms with Gasteiger partial charge in [0.15, 0.2) is 0 Å². The van der Waals surface area contributed by atoms with Gasteiger partial charge in [-0.05, 0) is 99.1 Å². The molecule has 0 bridgehead atoms. The van der Waals surface area contributed by atoms with E-state index in [0.717, 1.165) is 28.9 Å². The number of fused-ring (bicyclic) bond motifs is 3. The van der Waals surface area contributed by atoms with E-state index in [9.17, 15) is 0 Å². The minimum atomic E-state index is 0.919. The zero-order valence-electron chi connectivity index (χ0n) is 28.5. The van der Waals surface area contributed by atoms with Crippen molar-refractivity contribution in [2.45, 2.75) is 13.3 Å². The third-order valence-corrected chi connectivity index (χ3v) is 10.1. The summed E-state index contributed by atoms with van der Waals surface area (Å²) in [5.41, 5.74) is 13.0. The predicted molar refractivity (Wildman–Crippen MR) is 217 cm³/mol. The number of benzene rings is 6. The molecule has 8 aromatic rings. The van der Waals surface area contributed by atoms with Crippen molar-refractivity contribution in [2.75, 3.05) is 0 Å². The highest BCUT2D eigenvalue weighted by molar-refractivity contribution is 6.21. The average Bonchev–Trinajstić information content (AvgIpc) is 3.31. The molecule has 9 rings (SSSR count). The molecule has 51 heavy (non-hydrogen) atoms. The molecule has 1 aliphatic carbocycles. The van der Waals surface area contributed by atoms with E-state index in [2.05, 4.69) is 200 Å². The standard InChI is InChI=1S/C49H36N2/c1-34-44-32-37(28-31-47(44)51(39-20-10-5-11-21-39)46(34)30-26-35-16-6-2-3-7-17-35)45-29-27-38(33-50-45)49-42-24-14-12-22-40(42)48(36-18-8-4-9-19-36)41-23-13-15-25-43(41)49/h2-16,18-33H,17H2,1H3/b30-26-. The lowest BCUT2D eigenvalue weighted by atomic mass is 9.86. The Balaban J connectivity index is 1.15. The predicted octanol–water partition coefficient (Wildman–Crippen LogP) is 13.1. The molecule has 2 nitrogen and oxygen atoms in total. The summed E-state index contributed by atoms with van der Waals surface area (Å²) in [4.78, 5) is 5.11. The Kier molecular flexibility index (Phi) is 7.83. The number of hydrogen-bond acceptors (Lipinski definition) is 1. The van der Waals surface area contributed by atoms with Crippen LogP contribution in [-0.4, -0.2) is 9.55 Å². The number of hydrogen-bond donors (Lipinski definition) is 0. The Morgan fingerprint density at radius 3 is 1.84 bits per heavy atom. The van der Waals surface area contributed by atoms with Crippen molar-refractivity contribution in [2.24, 2.45) is 0 Å². The number of aromatic nitrogens is 2. The number of nitrogens with zero attached hydrogens (tertiary/aromatic N) is 2. The first-order valence-electron chi connectivity index (χ1n) is 17.6. The van der Waals surface area contributed by atoms with E-state index < -0.39 is 0 Å². The van der Waals surface area contributed by atoms with Gasteiger partial charge in [-0.15, -0.1) is 0 Å². The SMILES string of the molecule is Cc1c(/C=C\C2=CC=CC=CC2)n(-c2ccccc2)c2ccc(-c3ccc(-c4c5ccccc5c(-c5ccccc5)c5ccccc45)cn3)cc12.